The van der Waals surface area contributed by atoms with Crippen LogP contribution in [0.5, 0.6) is 5.75 Å². The van der Waals surface area contributed by atoms with Crippen LogP contribution in [0.3, 0.4) is 0 Å². The van der Waals surface area contributed by atoms with Crippen molar-refractivity contribution in [3.05, 3.63) is 33.9 Å². The van der Waals surface area contributed by atoms with E-state index in [4.69, 9.17) is 27.9 Å². The van der Waals surface area contributed by atoms with E-state index >= 15 is 0 Å². The Morgan fingerprint density at radius 1 is 1.24 bits per heavy atom. The molecule has 0 fully saturated rings. The number of hydrogen-bond acceptors (Lipinski definition) is 5. The van der Waals surface area contributed by atoms with Crippen LogP contribution >= 0.6 is 23.2 Å². The highest BCUT2D eigenvalue weighted by Crippen LogP contribution is 2.34. The molecule has 7 heteroatoms. The average Bonchev–Trinajstić information content (AvgIpc) is 2.46. The largest absolute Gasteiger partial charge is 0.495 e. The molecule has 0 aliphatic rings. The number of halogens is 2. The van der Waals surface area contributed by atoms with Crippen LogP contribution in [0.4, 0.5) is 17.5 Å². The van der Waals surface area contributed by atoms with Gasteiger partial charge in [0.1, 0.15) is 10.8 Å². The second-order valence-electron chi connectivity index (χ2n) is 4.35. The maximum atomic E-state index is 6.13. The first-order chi connectivity index (χ1) is 10.0. The zero-order valence-electron chi connectivity index (χ0n) is 12.0. The lowest BCUT2D eigenvalue weighted by Crippen LogP contribution is -2.05. The van der Waals surface area contributed by atoms with Crippen molar-refractivity contribution in [1.29, 1.82) is 0 Å². The van der Waals surface area contributed by atoms with Crippen LogP contribution in [0.1, 0.15) is 12.5 Å². The minimum atomic E-state index is 0.423. The first kappa shape index (κ1) is 15.7. The van der Waals surface area contributed by atoms with Gasteiger partial charge in [0.05, 0.1) is 19.0 Å². The highest BCUT2D eigenvalue weighted by molar-refractivity contribution is 6.33. The monoisotopic (exact) mass is 326 g/mol. The van der Waals surface area contributed by atoms with Crippen molar-refractivity contribution in [3.63, 3.8) is 0 Å². The Hall–Kier alpha value is -1.72. The number of aryl methyl sites for hydroxylation is 1. The number of hydrogen-bond donors (Lipinski definition) is 2. The summed E-state index contributed by atoms with van der Waals surface area (Å²) in [6.45, 7) is 4.61. The van der Waals surface area contributed by atoms with Gasteiger partial charge in [-0.3, -0.25) is 0 Å². The summed E-state index contributed by atoms with van der Waals surface area (Å²) in [4.78, 5) is 8.43. The van der Waals surface area contributed by atoms with Crippen molar-refractivity contribution in [1.82, 2.24) is 9.97 Å². The van der Waals surface area contributed by atoms with E-state index in [1.54, 1.807) is 19.4 Å². The summed E-state index contributed by atoms with van der Waals surface area (Å²) < 4.78 is 5.32. The van der Waals surface area contributed by atoms with Crippen LogP contribution in [0.25, 0.3) is 0 Å². The highest BCUT2D eigenvalue weighted by Gasteiger charge is 2.11. The number of rotatable bonds is 5. The number of aromatic nitrogens is 2. The molecule has 0 spiro atoms. The molecule has 21 heavy (non-hydrogen) atoms. The Morgan fingerprint density at radius 3 is 2.67 bits per heavy atom. The fraction of sp³-hybridized carbons (Fsp3) is 0.286. The fourth-order valence-corrected chi connectivity index (χ4v) is 2.05. The molecule has 2 aromatic rings. The van der Waals surface area contributed by atoms with Gasteiger partial charge in [0.25, 0.3) is 0 Å². The Bertz CT molecular complexity index is 649. The van der Waals surface area contributed by atoms with Gasteiger partial charge in [0.15, 0.2) is 5.82 Å². The van der Waals surface area contributed by atoms with Gasteiger partial charge in [-0.15, -0.1) is 0 Å². The summed E-state index contributed by atoms with van der Waals surface area (Å²) in [6, 6.07) is 3.63. The standard InChI is InChI=1S/C14H16Cl2N4O/c1-4-17-14-18-7-10(16)13(20-14)19-11-5-8(2)9(15)6-12(11)21-3/h5-7H,4H2,1-3H3,(H2,17,18,19,20). The third-order valence-corrected chi connectivity index (χ3v) is 3.50. The van der Waals surface area contributed by atoms with E-state index < -0.39 is 0 Å². The Morgan fingerprint density at radius 2 is 2.00 bits per heavy atom. The zero-order chi connectivity index (χ0) is 15.4. The summed E-state index contributed by atoms with van der Waals surface area (Å²) in [5.41, 5.74) is 1.67. The molecule has 2 N–H and O–H groups in total. The average molecular weight is 327 g/mol. The number of benzene rings is 1. The first-order valence-corrected chi connectivity index (χ1v) is 7.18. The molecule has 0 aliphatic heterocycles. The summed E-state index contributed by atoms with van der Waals surface area (Å²) in [5, 5.41) is 7.25. The highest BCUT2D eigenvalue weighted by atomic mass is 35.5. The molecule has 2 rings (SSSR count). The summed E-state index contributed by atoms with van der Waals surface area (Å²) in [7, 11) is 1.58. The van der Waals surface area contributed by atoms with Gasteiger partial charge in [-0.05, 0) is 25.5 Å². The van der Waals surface area contributed by atoms with Crippen molar-refractivity contribution >= 4 is 40.7 Å². The molecule has 0 aliphatic carbocycles. The quantitative estimate of drug-likeness (QED) is 0.858. The summed E-state index contributed by atoms with van der Waals surface area (Å²) in [6.07, 6.45) is 1.55. The van der Waals surface area contributed by atoms with E-state index in [-0.39, 0.29) is 0 Å². The molecule has 5 nitrogen and oxygen atoms in total. The molecule has 0 saturated carbocycles. The normalized spacial score (nSPS) is 10.3. The van der Waals surface area contributed by atoms with Crippen molar-refractivity contribution in [2.45, 2.75) is 13.8 Å². The Balaban J connectivity index is 2.37. The second-order valence-corrected chi connectivity index (χ2v) is 5.16. The lowest BCUT2D eigenvalue weighted by molar-refractivity contribution is 0.416. The molecule has 0 atom stereocenters. The molecule has 0 unspecified atom stereocenters. The van der Waals surface area contributed by atoms with Gasteiger partial charge < -0.3 is 15.4 Å². The van der Waals surface area contributed by atoms with E-state index in [2.05, 4.69) is 20.6 Å². The molecule has 112 valence electrons. The molecule has 1 aromatic heterocycles. The van der Waals surface area contributed by atoms with Crippen LogP contribution in [0.15, 0.2) is 18.3 Å². The van der Waals surface area contributed by atoms with Crippen molar-refractivity contribution < 1.29 is 4.74 Å². The minimum absolute atomic E-state index is 0.423. The Kier molecular flexibility index (Phi) is 5.09. The van der Waals surface area contributed by atoms with E-state index in [9.17, 15) is 0 Å². The van der Waals surface area contributed by atoms with Gasteiger partial charge in [-0.2, -0.15) is 4.98 Å². The Labute approximate surface area is 133 Å². The zero-order valence-corrected chi connectivity index (χ0v) is 13.5. The van der Waals surface area contributed by atoms with Crippen LogP contribution < -0.4 is 15.4 Å². The number of methoxy groups -OCH3 is 1. The summed E-state index contributed by atoms with van der Waals surface area (Å²) in [5.74, 6) is 1.63. The maximum absolute atomic E-state index is 6.13. The third-order valence-electron chi connectivity index (χ3n) is 2.81. The van der Waals surface area contributed by atoms with Crippen LogP contribution in [-0.2, 0) is 0 Å². The predicted octanol–water partition coefficient (Wildman–Crippen LogP) is 4.28. The van der Waals surface area contributed by atoms with Crippen LogP contribution in [-0.4, -0.2) is 23.6 Å². The third kappa shape index (κ3) is 3.68. The molecule has 0 amide bonds. The molecular weight excluding hydrogens is 311 g/mol. The fourth-order valence-electron chi connectivity index (χ4n) is 1.76. The number of nitrogens with one attached hydrogen (secondary N) is 2. The summed E-state index contributed by atoms with van der Waals surface area (Å²) >= 11 is 12.2. The van der Waals surface area contributed by atoms with E-state index in [0.717, 1.165) is 17.8 Å². The predicted molar refractivity (Wildman–Crippen MR) is 87.2 cm³/mol. The minimum Gasteiger partial charge on any atom is -0.495 e. The van der Waals surface area contributed by atoms with Gasteiger partial charge >= 0.3 is 0 Å². The number of anilines is 3. The molecule has 0 radical (unpaired) electrons. The molecule has 0 bridgehead atoms. The molecule has 0 saturated heterocycles. The molecular formula is C14H16Cl2N4O. The number of ether oxygens (including phenoxy) is 1. The molecule has 1 heterocycles. The second kappa shape index (κ2) is 6.83. The van der Waals surface area contributed by atoms with Crippen molar-refractivity contribution in [3.8, 4) is 5.75 Å². The van der Waals surface area contributed by atoms with Crippen LogP contribution in [0, 0.1) is 6.92 Å². The van der Waals surface area contributed by atoms with E-state index in [0.29, 0.717) is 27.6 Å². The topological polar surface area (TPSA) is 59.1 Å². The van der Waals surface area contributed by atoms with E-state index in [1.807, 2.05) is 19.9 Å². The van der Waals surface area contributed by atoms with Gasteiger partial charge in [-0.1, -0.05) is 23.2 Å². The van der Waals surface area contributed by atoms with E-state index in [1.165, 1.54) is 0 Å². The lowest BCUT2D eigenvalue weighted by Gasteiger charge is -2.14. The van der Waals surface area contributed by atoms with Gasteiger partial charge in [-0.25, -0.2) is 4.98 Å². The van der Waals surface area contributed by atoms with Crippen LogP contribution in [0.2, 0.25) is 10.0 Å². The van der Waals surface area contributed by atoms with Crippen molar-refractivity contribution in [2.75, 3.05) is 24.3 Å². The lowest BCUT2D eigenvalue weighted by atomic mass is 10.2. The molecule has 1 aromatic carbocycles. The van der Waals surface area contributed by atoms with Gasteiger partial charge in [0, 0.05) is 17.6 Å². The SMILES string of the molecule is CCNc1ncc(Cl)c(Nc2cc(C)c(Cl)cc2OC)n1. The maximum Gasteiger partial charge on any atom is 0.224 e. The van der Waals surface area contributed by atoms with Gasteiger partial charge in [0.2, 0.25) is 5.95 Å². The first-order valence-electron chi connectivity index (χ1n) is 6.42. The van der Waals surface area contributed by atoms with Crippen molar-refractivity contribution in [2.24, 2.45) is 0 Å². The number of nitrogens with zero attached hydrogens (tertiary/aromatic N) is 2. The smallest absolute Gasteiger partial charge is 0.224 e.